The number of amides is 1. The maximum absolute atomic E-state index is 13.1. The average Bonchev–Trinajstić information content (AvgIpc) is 2.67. The highest BCUT2D eigenvalue weighted by Gasteiger charge is 2.28. The Morgan fingerprint density at radius 3 is 2.60 bits per heavy atom. The molecule has 2 fully saturated rings. The summed E-state index contributed by atoms with van der Waals surface area (Å²) in [6.45, 7) is 4.09. The lowest BCUT2D eigenvalue weighted by atomic mass is 9.99. The Kier molecular flexibility index (Phi) is 4.91. The Balaban J connectivity index is 1.49. The van der Waals surface area contributed by atoms with Gasteiger partial charge in [0.05, 0.1) is 11.1 Å². The van der Waals surface area contributed by atoms with Crippen LogP contribution in [0.2, 0.25) is 5.02 Å². The summed E-state index contributed by atoms with van der Waals surface area (Å²) in [5, 5.41) is 1.51. The highest BCUT2D eigenvalue weighted by molar-refractivity contribution is 6.32. The van der Waals surface area contributed by atoms with Crippen LogP contribution in [0.5, 0.6) is 0 Å². The number of likely N-dealkylation sites (tertiary alicyclic amines) is 2. The minimum atomic E-state index is 0.0586. The molecule has 25 heavy (non-hydrogen) atoms. The smallest absolute Gasteiger partial charge is 0.256 e. The second-order valence-electron chi connectivity index (χ2n) is 7.15. The van der Waals surface area contributed by atoms with E-state index in [2.05, 4.69) is 9.88 Å². The molecule has 2 aliphatic rings. The summed E-state index contributed by atoms with van der Waals surface area (Å²) in [5.41, 5.74) is 1.37. The predicted molar refractivity (Wildman–Crippen MR) is 101 cm³/mol. The Morgan fingerprint density at radius 2 is 1.84 bits per heavy atom. The van der Waals surface area contributed by atoms with E-state index in [1.807, 2.05) is 23.1 Å². The van der Waals surface area contributed by atoms with Gasteiger partial charge in [-0.3, -0.25) is 9.78 Å². The molecule has 132 valence electrons. The molecule has 0 N–H and O–H groups in total. The third kappa shape index (κ3) is 3.51. The third-order valence-corrected chi connectivity index (χ3v) is 5.78. The van der Waals surface area contributed by atoms with Gasteiger partial charge in [-0.1, -0.05) is 24.1 Å². The molecule has 1 aromatic heterocycles. The predicted octanol–water partition coefficient (Wildman–Crippen LogP) is 3.98. The molecular formula is C20H24ClN3O. The average molecular weight is 358 g/mol. The molecule has 5 heteroatoms. The van der Waals surface area contributed by atoms with Crippen molar-refractivity contribution >= 4 is 28.4 Å². The number of hydrogen-bond donors (Lipinski definition) is 0. The van der Waals surface area contributed by atoms with E-state index in [0.717, 1.165) is 36.8 Å². The first-order chi connectivity index (χ1) is 12.2. The van der Waals surface area contributed by atoms with Crippen LogP contribution in [0.15, 0.2) is 30.5 Å². The highest BCUT2D eigenvalue weighted by atomic mass is 35.5. The van der Waals surface area contributed by atoms with Gasteiger partial charge in [-0.25, -0.2) is 0 Å². The summed E-state index contributed by atoms with van der Waals surface area (Å²) in [4.78, 5) is 22.1. The molecule has 2 saturated heterocycles. The molecule has 4 rings (SSSR count). The zero-order chi connectivity index (χ0) is 17.2. The fourth-order valence-electron chi connectivity index (χ4n) is 4.21. The number of pyridine rings is 1. The minimum absolute atomic E-state index is 0.0586. The summed E-state index contributed by atoms with van der Waals surface area (Å²) in [6.07, 6.45) is 7.87. The lowest BCUT2D eigenvalue weighted by molar-refractivity contribution is 0.0591. The van der Waals surface area contributed by atoms with Gasteiger partial charge in [0.15, 0.2) is 0 Å². The summed E-state index contributed by atoms with van der Waals surface area (Å²) in [6, 6.07) is 8.09. The largest absolute Gasteiger partial charge is 0.338 e. The van der Waals surface area contributed by atoms with E-state index in [9.17, 15) is 4.79 Å². The van der Waals surface area contributed by atoms with Gasteiger partial charge in [-0.15, -0.1) is 0 Å². The molecule has 0 unspecified atom stereocenters. The van der Waals surface area contributed by atoms with Crippen LogP contribution in [-0.2, 0) is 0 Å². The van der Waals surface area contributed by atoms with Gasteiger partial charge in [0.25, 0.3) is 5.91 Å². The molecular weight excluding hydrogens is 334 g/mol. The van der Waals surface area contributed by atoms with E-state index in [4.69, 9.17) is 11.6 Å². The van der Waals surface area contributed by atoms with Crippen LogP contribution in [0.25, 0.3) is 10.9 Å². The van der Waals surface area contributed by atoms with Crippen LogP contribution < -0.4 is 0 Å². The van der Waals surface area contributed by atoms with Crippen LogP contribution in [0.3, 0.4) is 0 Å². The van der Waals surface area contributed by atoms with Gasteiger partial charge in [-0.2, -0.15) is 0 Å². The van der Waals surface area contributed by atoms with Gasteiger partial charge in [0.1, 0.15) is 0 Å². The molecule has 0 saturated carbocycles. The van der Waals surface area contributed by atoms with E-state index in [1.165, 1.54) is 32.4 Å². The van der Waals surface area contributed by atoms with E-state index in [-0.39, 0.29) is 5.91 Å². The number of fused-ring (bicyclic) bond motifs is 1. The second kappa shape index (κ2) is 7.30. The van der Waals surface area contributed by atoms with E-state index < -0.39 is 0 Å². The van der Waals surface area contributed by atoms with Crippen LogP contribution >= 0.6 is 11.6 Å². The molecule has 0 radical (unpaired) electrons. The Hall–Kier alpha value is -1.65. The number of carbonyl (C=O) groups excluding carboxylic acids is 1. The minimum Gasteiger partial charge on any atom is -0.338 e. The Bertz CT molecular complexity index is 765. The van der Waals surface area contributed by atoms with Crippen molar-refractivity contribution in [2.75, 3.05) is 26.2 Å². The Labute approximate surface area is 153 Å². The zero-order valence-corrected chi connectivity index (χ0v) is 15.2. The van der Waals surface area contributed by atoms with Gasteiger partial charge < -0.3 is 9.80 Å². The van der Waals surface area contributed by atoms with Gasteiger partial charge in [0.2, 0.25) is 0 Å². The van der Waals surface area contributed by atoms with Crippen molar-refractivity contribution in [3.8, 4) is 0 Å². The number of piperidine rings is 2. The van der Waals surface area contributed by atoms with Crippen molar-refractivity contribution in [3.63, 3.8) is 0 Å². The number of hydrogen-bond acceptors (Lipinski definition) is 3. The molecule has 0 bridgehead atoms. The summed E-state index contributed by atoms with van der Waals surface area (Å²) in [7, 11) is 0. The number of halogens is 1. The fraction of sp³-hybridized carbons (Fsp3) is 0.500. The fourth-order valence-corrected chi connectivity index (χ4v) is 4.43. The summed E-state index contributed by atoms with van der Waals surface area (Å²) >= 11 is 6.23. The molecule has 4 nitrogen and oxygen atoms in total. The molecule has 0 atom stereocenters. The lowest BCUT2D eigenvalue weighted by Crippen LogP contribution is -2.48. The second-order valence-corrected chi connectivity index (χ2v) is 7.58. The zero-order valence-electron chi connectivity index (χ0n) is 14.5. The molecule has 3 heterocycles. The first-order valence-electron chi connectivity index (χ1n) is 9.30. The number of carbonyl (C=O) groups is 1. The van der Waals surface area contributed by atoms with Crippen LogP contribution in [0.4, 0.5) is 0 Å². The van der Waals surface area contributed by atoms with Crippen LogP contribution in [0, 0.1) is 0 Å². The van der Waals surface area contributed by atoms with E-state index in [0.29, 0.717) is 16.6 Å². The topological polar surface area (TPSA) is 36.4 Å². The maximum atomic E-state index is 13.1. The maximum Gasteiger partial charge on any atom is 0.256 e. The SMILES string of the molecule is O=C(c1cc(Cl)cc2cccnc12)N1CCC(N2CCCCC2)CC1. The summed E-state index contributed by atoms with van der Waals surface area (Å²) < 4.78 is 0. The third-order valence-electron chi connectivity index (χ3n) is 5.56. The van der Waals surface area contributed by atoms with Crippen LogP contribution in [0.1, 0.15) is 42.5 Å². The first kappa shape index (κ1) is 16.8. The van der Waals surface area contributed by atoms with Gasteiger partial charge >= 0.3 is 0 Å². The van der Waals surface area contributed by atoms with Crippen LogP contribution in [-0.4, -0.2) is 52.9 Å². The molecule has 0 aliphatic carbocycles. The number of rotatable bonds is 2. The van der Waals surface area contributed by atoms with Crippen molar-refractivity contribution in [1.82, 2.24) is 14.8 Å². The molecule has 2 aromatic rings. The highest BCUT2D eigenvalue weighted by Crippen LogP contribution is 2.26. The standard InChI is InChI=1S/C20H24ClN3O/c21-16-13-15-5-4-8-22-19(15)18(14-16)20(25)24-11-6-17(7-12-24)23-9-2-1-3-10-23/h4-5,8,13-14,17H,1-3,6-7,9-12H2. The van der Waals surface area contributed by atoms with Crippen molar-refractivity contribution in [2.24, 2.45) is 0 Å². The number of benzene rings is 1. The normalized spacial score (nSPS) is 20.1. The van der Waals surface area contributed by atoms with Gasteiger partial charge in [-0.05, 0) is 57.0 Å². The Morgan fingerprint density at radius 1 is 1.08 bits per heavy atom. The number of aromatic nitrogens is 1. The molecule has 1 amide bonds. The van der Waals surface area contributed by atoms with E-state index >= 15 is 0 Å². The van der Waals surface area contributed by atoms with Crippen molar-refractivity contribution < 1.29 is 4.79 Å². The van der Waals surface area contributed by atoms with E-state index in [1.54, 1.807) is 12.3 Å². The monoisotopic (exact) mass is 357 g/mol. The quantitative estimate of drug-likeness (QED) is 0.815. The first-order valence-corrected chi connectivity index (χ1v) is 9.68. The lowest BCUT2D eigenvalue weighted by Gasteiger charge is -2.40. The summed E-state index contributed by atoms with van der Waals surface area (Å²) in [5.74, 6) is 0.0586. The van der Waals surface area contributed by atoms with Crippen molar-refractivity contribution in [2.45, 2.75) is 38.1 Å². The molecule has 2 aliphatic heterocycles. The van der Waals surface area contributed by atoms with Crippen molar-refractivity contribution in [1.29, 1.82) is 0 Å². The number of nitrogens with zero attached hydrogens (tertiary/aromatic N) is 3. The van der Waals surface area contributed by atoms with Gasteiger partial charge in [0, 0.05) is 35.7 Å². The molecule has 1 aromatic carbocycles. The molecule has 0 spiro atoms. The van der Waals surface area contributed by atoms with Crippen molar-refractivity contribution in [3.05, 3.63) is 41.0 Å².